The number of aryl methyl sites for hydroxylation is 1. The zero-order valence-electron chi connectivity index (χ0n) is 16.7. The first-order valence-corrected chi connectivity index (χ1v) is 12.7. The molecule has 0 atom stereocenters. The maximum Gasteiger partial charge on any atom is 0.255 e. The van der Waals surface area contributed by atoms with Gasteiger partial charge >= 0.3 is 0 Å². The number of carbonyl (C=O) groups is 1. The minimum absolute atomic E-state index is 0.0529. The molecule has 1 aliphatic heterocycles. The van der Waals surface area contributed by atoms with Gasteiger partial charge in [0.05, 0.1) is 10.5 Å². The summed E-state index contributed by atoms with van der Waals surface area (Å²) in [4.78, 5) is 16.5. The molecule has 0 radical (unpaired) electrons. The van der Waals surface area contributed by atoms with Crippen LogP contribution >= 0.6 is 11.3 Å². The van der Waals surface area contributed by atoms with Crippen molar-refractivity contribution < 1.29 is 13.2 Å². The van der Waals surface area contributed by atoms with Gasteiger partial charge in [0.25, 0.3) is 5.91 Å². The Balaban J connectivity index is 1.31. The summed E-state index contributed by atoms with van der Waals surface area (Å²) in [6.45, 7) is 1.51. The number of sulfonamides is 1. The van der Waals surface area contributed by atoms with Crippen LogP contribution in [0.15, 0.2) is 52.7 Å². The first kappa shape index (κ1) is 19.7. The summed E-state index contributed by atoms with van der Waals surface area (Å²) in [7, 11) is -3.57. The normalized spacial score (nSPS) is 17.8. The zero-order chi connectivity index (χ0) is 20.7. The summed E-state index contributed by atoms with van der Waals surface area (Å²) in [5.41, 5.74) is 2.06. The molecule has 3 aromatic rings. The summed E-state index contributed by atoms with van der Waals surface area (Å²) in [5, 5.41) is 3.93. The van der Waals surface area contributed by atoms with Gasteiger partial charge in [-0.05, 0) is 54.2 Å². The molecule has 7 heteroatoms. The SMILES string of the molecule is O=C(c1csc2c1CCCC2)N1CCN(S(=O)(=O)c2ccc3ccccc3c2)CC1. The van der Waals surface area contributed by atoms with Crippen LogP contribution in [0.25, 0.3) is 10.8 Å². The van der Waals surface area contributed by atoms with Gasteiger partial charge < -0.3 is 4.90 Å². The maximum atomic E-state index is 13.2. The van der Waals surface area contributed by atoms with Gasteiger partial charge in [0, 0.05) is 36.4 Å². The highest BCUT2D eigenvalue weighted by Gasteiger charge is 2.32. The fourth-order valence-corrected chi connectivity index (χ4v) is 7.03. The average Bonchev–Trinajstić information content (AvgIpc) is 3.22. The Hall–Kier alpha value is -2.22. The molecule has 5 nitrogen and oxygen atoms in total. The molecule has 0 N–H and O–H groups in total. The number of thiophene rings is 1. The number of rotatable bonds is 3. The van der Waals surface area contributed by atoms with E-state index in [1.165, 1.54) is 21.2 Å². The third-order valence-corrected chi connectivity index (χ3v) is 9.16. The van der Waals surface area contributed by atoms with E-state index in [-0.39, 0.29) is 5.91 Å². The Morgan fingerprint density at radius 3 is 2.43 bits per heavy atom. The molecule has 2 heterocycles. The van der Waals surface area contributed by atoms with E-state index >= 15 is 0 Å². The van der Waals surface area contributed by atoms with E-state index in [4.69, 9.17) is 0 Å². The molecule has 0 spiro atoms. The standard InChI is InChI=1S/C23H24N2O3S2/c26-23(21-16-29-22-8-4-3-7-20(21)22)24-11-13-25(14-12-24)30(27,28)19-10-9-17-5-1-2-6-18(17)15-19/h1-2,5-6,9-10,15-16H,3-4,7-8,11-14H2. The number of hydrogen-bond acceptors (Lipinski definition) is 4. The van der Waals surface area contributed by atoms with Gasteiger partial charge in [-0.3, -0.25) is 4.79 Å². The van der Waals surface area contributed by atoms with Crippen LogP contribution in [0, 0.1) is 0 Å². The molecule has 1 fully saturated rings. The second kappa shape index (κ2) is 7.80. The maximum absolute atomic E-state index is 13.2. The lowest BCUT2D eigenvalue weighted by Crippen LogP contribution is -2.50. The van der Waals surface area contributed by atoms with E-state index in [0.717, 1.165) is 35.6 Å². The molecule has 1 amide bonds. The number of carbonyl (C=O) groups excluding carboxylic acids is 1. The van der Waals surface area contributed by atoms with E-state index < -0.39 is 10.0 Å². The van der Waals surface area contributed by atoms with E-state index in [1.807, 2.05) is 40.6 Å². The van der Waals surface area contributed by atoms with Crippen LogP contribution in [0.1, 0.15) is 33.6 Å². The highest BCUT2D eigenvalue weighted by atomic mass is 32.2. The topological polar surface area (TPSA) is 57.7 Å². The molecular formula is C23H24N2O3S2. The summed E-state index contributed by atoms with van der Waals surface area (Å²) in [5.74, 6) is 0.0529. The van der Waals surface area contributed by atoms with E-state index in [0.29, 0.717) is 31.1 Å². The van der Waals surface area contributed by atoms with Crippen molar-refractivity contribution in [3.8, 4) is 0 Å². The fourth-order valence-electron chi connectivity index (χ4n) is 4.45. The molecule has 1 saturated heterocycles. The van der Waals surface area contributed by atoms with Crippen molar-refractivity contribution in [2.75, 3.05) is 26.2 Å². The Bertz CT molecular complexity index is 1210. The van der Waals surface area contributed by atoms with Crippen molar-refractivity contribution in [1.82, 2.24) is 9.21 Å². The molecule has 2 aromatic carbocycles. The van der Waals surface area contributed by atoms with Gasteiger partial charge in [-0.25, -0.2) is 8.42 Å². The van der Waals surface area contributed by atoms with Crippen LogP contribution in [0.2, 0.25) is 0 Å². The lowest BCUT2D eigenvalue weighted by atomic mass is 9.95. The predicted molar refractivity (Wildman–Crippen MR) is 120 cm³/mol. The lowest BCUT2D eigenvalue weighted by molar-refractivity contribution is 0.0697. The molecule has 5 rings (SSSR count). The summed E-state index contributed by atoms with van der Waals surface area (Å²) in [6, 6.07) is 13.0. The largest absolute Gasteiger partial charge is 0.336 e. The number of benzene rings is 2. The molecule has 30 heavy (non-hydrogen) atoms. The second-order valence-corrected chi connectivity index (χ2v) is 10.9. The molecule has 156 valence electrons. The third kappa shape index (κ3) is 3.45. The monoisotopic (exact) mass is 440 g/mol. The highest BCUT2D eigenvalue weighted by Crippen LogP contribution is 2.31. The third-order valence-electron chi connectivity index (χ3n) is 6.18. The van der Waals surface area contributed by atoms with Gasteiger partial charge in [0.2, 0.25) is 10.0 Å². The van der Waals surface area contributed by atoms with Crippen LogP contribution < -0.4 is 0 Å². The molecule has 1 aliphatic carbocycles. The smallest absolute Gasteiger partial charge is 0.255 e. The number of piperazine rings is 1. The van der Waals surface area contributed by atoms with Crippen molar-refractivity contribution >= 4 is 38.0 Å². The van der Waals surface area contributed by atoms with Crippen LogP contribution in [0.5, 0.6) is 0 Å². The van der Waals surface area contributed by atoms with E-state index in [9.17, 15) is 13.2 Å². The molecule has 0 unspecified atom stereocenters. The summed E-state index contributed by atoms with van der Waals surface area (Å²) in [6.07, 6.45) is 4.40. The van der Waals surface area contributed by atoms with Crippen molar-refractivity contribution in [2.24, 2.45) is 0 Å². The van der Waals surface area contributed by atoms with Crippen LogP contribution in [0.4, 0.5) is 0 Å². The number of amides is 1. The highest BCUT2D eigenvalue weighted by molar-refractivity contribution is 7.89. The van der Waals surface area contributed by atoms with Crippen molar-refractivity contribution in [3.05, 3.63) is 63.8 Å². The number of nitrogens with zero attached hydrogens (tertiary/aromatic N) is 2. The predicted octanol–water partition coefficient (Wildman–Crippen LogP) is 3.93. The quantitative estimate of drug-likeness (QED) is 0.620. The minimum Gasteiger partial charge on any atom is -0.336 e. The van der Waals surface area contributed by atoms with Crippen molar-refractivity contribution in [1.29, 1.82) is 0 Å². The zero-order valence-corrected chi connectivity index (χ0v) is 18.3. The molecule has 0 bridgehead atoms. The lowest BCUT2D eigenvalue weighted by Gasteiger charge is -2.34. The molecule has 1 aromatic heterocycles. The van der Waals surface area contributed by atoms with E-state index in [2.05, 4.69) is 0 Å². The van der Waals surface area contributed by atoms with Crippen LogP contribution in [0.3, 0.4) is 0 Å². The van der Waals surface area contributed by atoms with Crippen LogP contribution in [-0.4, -0.2) is 49.7 Å². The Morgan fingerprint density at radius 1 is 0.900 bits per heavy atom. The first-order chi connectivity index (χ1) is 14.5. The van der Waals surface area contributed by atoms with Gasteiger partial charge in [0.15, 0.2) is 0 Å². The van der Waals surface area contributed by atoms with Gasteiger partial charge in [0.1, 0.15) is 0 Å². The van der Waals surface area contributed by atoms with Crippen molar-refractivity contribution in [2.45, 2.75) is 30.6 Å². The van der Waals surface area contributed by atoms with Gasteiger partial charge in [-0.2, -0.15) is 4.31 Å². The Labute approximate surface area is 181 Å². The Kier molecular flexibility index (Phi) is 5.13. The second-order valence-electron chi connectivity index (χ2n) is 7.96. The summed E-state index contributed by atoms with van der Waals surface area (Å²) < 4.78 is 27.8. The molecule has 2 aliphatic rings. The first-order valence-electron chi connectivity index (χ1n) is 10.4. The van der Waals surface area contributed by atoms with Crippen LogP contribution in [-0.2, 0) is 22.9 Å². The average molecular weight is 441 g/mol. The Morgan fingerprint density at radius 2 is 1.63 bits per heavy atom. The van der Waals surface area contributed by atoms with E-state index in [1.54, 1.807) is 23.5 Å². The van der Waals surface area contributed by atoms with Gasteiger partial charge in [-0.1, -0.05) is 30.3 Å². The summed E-state index contributed by atoms with van der Waals surface area (Å²) >= 11 is 1.69. The van der Waals surface area contributed by atoms with Crippen molar-refractivity contribution in [3.63, 3.8) is 0 Å². The number of hydrogen-bond donors (Lipinski definition) is 0. The molecular weight excluding hydrogens is 416 g/mol. The fraction of sp³-hybridized carbons (Fsp3) is 0.348. The molecule has 0 saturated carbocycles. The van der Waals surface area contributed by atoms with Gasteiger partial charge in [-0.15, -0.1) is 11.3 Å². The number of fused-ring (bicyclic) bond motifs is 2. The minimum atomic E-state index is -3.57.